The minimum Gasteiger partial charge on any atom is -0.468 e. The van der Waals surface area contributed by atoms with Crippen LogP contribution in [0.5, 0.6) is 0 Å². The van der Waals surface area contributed by atoms with Crippen molar-refractivity contribution in [3.8, 4) is 0 Å². The normalized spacial score (nSPS) is 12.7. The highest BCUT2D eigenvalue weighted by atomic mass is 35.5. The van der Waals surface area contributed by atoms with Gasteiger partial charge < -0.3 is 9.73 Å². The molecule has 8 heteroatoms. The van der Waals surface area contributed by atoms with Crippen LogP contribution in [0.1, 0.15) is 20.7 Å². The maximum absolute atomic E-state index is 13.0. The molecule has 1 aromatic carbocycles. The Morgan fingerprint density at radius 3 is 2.52 bits per heavy atom. The van der Waals surface area contributed by atoms with Gasteiger partial charge in [0, 0.05) is 11.6 Å². The van der Waals surface area contributed by atoms with Crippen molar-refractivity contribution >= 4 is 38.7 Å². The molecule has 0 aliphatic rings. The summed E-state index contributed by atoms with van der Waals surface area (Å²) in [4.78, 5) is 12.8. The van der Waals surface area contributed by atoms with E-state index in [-0.39, 0.29) is 23.1 Å². The molecule has 0 aliphatic carbocycles. The van der Waals surface area contributed by atoms with Crippen LogP contribution in [0.3, 0.4) is 0 Å². The van der Waals surface area contributed by atoms with Crippen molar-refractivity contribution < 1.29 is 17.6 Å². The Bertz CT molecular complexity index is 933. The zero-order valence-corrected chi connectivity index (χ0v) is 15.3. The Labute approximate surface area is 154 Å². The summed E-state index contributed by atoms with van der Waals surface area (Å²) in [5.41, 5.74) is 0. The number of carbonyl (C=O) groups excluding carboxylic acids is 1. The highest BCUT2D eigenvalue weighted by Crippen LogP contribution is 2.29. The number of sulfone groups is 1. The van der Waals surface area contributed by atoms with E-state index in [0.717, 1.165) is 0 Å². The molecule has 0 unspecified atom stereocenters. The molecule has 1 amide bonds. The maximum atomic E-state index is 13.0. The zero-order chi connectivity index (χ0) is 17.9. The van der Waals surface area contributed by atoms with Crippen molar-refractivity contribution in [2.75, 3.05) is 6.54 Å². The first kappa shape index (κ1) is 17.7. The first-order valence-corrected chi connectivity index (χ1v) is 10.1. The minimum absolute atomic E-state index is 0.102. The molecule has 0 fully saturated rings. The number of halogens is 1. The molecule has 130 valence electrons. The van der Waals surface area contributed by atoms with Crippen LogP contribution >= 0.6 is 22.9 Å². The number of amides is 1. The van der Waals surface area contributed by atoms with Gasteiger partial charge in [0.25, 0.3) is 5.91 Å². The lowest BCUT2D eigenvalue weighted by Crippen LogP contribution is -2.31. The molecule has 3 aromatic rings. The van der Waals surface area contributed by atoms with Gasteiger partial charge in [0.05, 0.1) is 16.0 Å². The summed E-state index contributed by atoms with van der Waals surface area (Å²) in [6.45, 7) is -0.102. The highest BCUT2D eigenvalue weighted by molar-refractivity contribution is 7.91. The van der Waals surface area contributed by atoms with Crippen LogP contribution < -0.4 is 5.32 Å². The second-order valence-corrected chi connectivity index (χ2v) is 8.70. The summed E-state index contributed by atoms with van der Waals surface area (Å²) >= 11 is 7.12. The number of hydrogen-bond donors (Lipinski definition) is 1. The van der Waals surface area contributed by atoms with Gasteiger partial charge in [-0.2, -0.15) is 0 Å². The average Bonchev–Trinajstić information content (AvgIpc) is 3.29. The van der Waals surface area contributed by atoms with Gasteiger partial charge in [0.1, 0.15) is 11.0 Å². The summed E-state index contributed by atoms with van der Waals surface area (Å²) < 4.78 is 31.3. The Morgan fingerprint density at radius 1 is 1.16 bits per heavy atom. The zero-order valence-electron chi connectivity index (χ0n) is 12.9. The lowest BCUT2D eigenvalue weighted by Gasteiger charge is -2.16. The summed E-state index contributed by atoms with van der Waals surface area (Å²) in [5, 5.41) is 3.86. The van der Waals surface area contributed by atoms with E-state index in [9.17, 15) is 13.2 Å². The SMILES string of the molecule is O=C(NC[C@H](c1ccco1)S(=O)(=O)c1ccc(Cl)cc1)c1cccs1. The molecule has 5 nitrogen and oxygen atoms in total. The average molecular weight is 396 g/mol. The minimum atomic E-state index is -3.77. The molecule has 0 saturated carbocycles. The highest BCUT2D eigenvalue weighted by Gasteiger charge is 2.32. The smallest absolute Gasteiger partial charge is 0.261 e. The lowest BCUT2D eigenvalue weighted by atomic mass is 10.3. The van der Waals surface area contributed by atoms with Crippen molar-refractivity contribution in [2.24, 2.45) is 0 Å². The van der Waals surface area contributed by atoms with Crippen LogP contribution in [0.2, 0.25) is 5.02 Å². The second kappa shape index (κ2) is 7.43. The van der Waals surface area contributed by atoms with E-state index < -0.39 is 15.1 Å². The number of benzene rings is 1. The van der Waals surface area contributed by atoms with Gasteiger partial charge in [-0.1, -0.05) is 17.7 Å². The van der Waals surface area contributed by atoms with Crippen LogP contribution in [0.15, 0.2) is 69.5 Å². The number of carbonyl (C=O) groups is 1. The molecular weight excluding hydrogens is 382 g/mol. The predicted molar refractivity (Wildman–Crippen MR) is 96.7 cm³/mol. The van der Waals surface area contributed by atoms with Gasteiger partial charge in [0.15, 0.2) is 9.84 Å². The number of nitrogens with one attached hydrogen (secondary N) is 1. The molecule has 3 rings (SSSR count). The quantitative estimate of drug-likeness (QED) is 0.685. The second-order valence-electron chi connectivity index (χ2n) is 5.19. The number of rotatable bonds is 6. The van der Waals surface area contributed by atoms with Gasteiger partial charge in [-0.05, 0) is 47.8 Å². The largest absolute Gasteiger partial charge is 0.468 e. The molecule has 2 aromatic heterocycles. The van der Waals surface area contributed by atoms with Crippen molar-refractivity contribution in [1.29, 1.82) is 0 Å². The third-order valence-electron chi connectivity index (χ3n) is 3.57. The molecular formula is C17H14ClNO4S2. The van der Waals surface area contributed by atoms with E-state index in [4.69, 9.17) is 16.0 Å². The molecule has 0 radical (unpaired) electrons. The van der Waals surface area contributed by atoms with Crippen molar-refractivity contribution in [3.63, 3.8) is 0 Å². The van der Waals surface area contributed by atoms with Crippen molar-refractivity contribution in [3.05, 3.63) is 75.8 Å². The topological polar surface area (TPSA) is 76.4 Å². The van der Waals surface area contributed by atoms with E-state index >= 15 is 0 Å². The fourth-order valence-corrected chi connectivity index (χ4v) is 4.66. The van der Waals surface area contributed by atoms with Crippen LogP contribution in [-0.2, 0) is 9.84 Å². The van der Waals surface area contributed by atoms with Gasteiger partial charge in [0.2, 0.25) is 0 Å². The first-order valence-electron chi connectivity index (χ1n) is 7.33. The van der Waals surface area contributed by atoms with E-state index in [1.54, 1.807) is 29.6 Å². The summed E-state index contributed by atoms with van der Waals surface area (Å²) in [6.07, 6.45) is 1.40. The summed E-state index contributed by atoms with van der Waals surface area (Å²) in [5.74, 6) is -0.0562. The molecule has 0 bridgehead atoms. The monoisotopic (exact) mass is 395 g/mol. The number of hydrogen-bond acceptors (Lipinski definition) is 5. The third kappa shape index (κ3) is 3.95. The molecule has 0 aliphatic heterocycles. The summed E-state index contributed by atoms with van der Waals surface area (Å²) in [6, 6.07) is 12.5. The van der Waals surface area contributed by atoms with Gasteiger partial charge >= 0.3 is 0 Å². The van der Waals surface area contributed by atoms with E-state index in [0.29, 0.717) is 9.90 Å². The van der Waals surface area contributed by atoms with E-state index in [2.05, 4.69) is 5.32 Å². The van der Waals surface area contributed by atoms with Crippen molar-refractivity contribution in [1.82, 2.24) is 5.32 Å². The molecule has 0 spiro atoms. The molecule has 1 atom stereocenters. The third-order valence-corrected chi connectivity index (χ3v) is 6.77. The Balaban J connectivity index is 1.87. The number of furan rings is 1. The predicted octanol–water partition coefficient (Wildman–Crippen LogP) is 3.94. The van der Waals surface area contributed by atoms with Crippen LogP contribution in [-0.4, -0.2) is 20.9 Å². The Morgan fingerprint density at radius 2 is 1.92 bits per heavy atom. The Kier molecular flexibility index (Phi) is 5.27. The molecule has 2 heterocycles. The molecule has 0 saturated heterocycles. The lowest BCUT2D eigenvalue weighted by molar-refractivity contribution is 0.0957. The molecule has 1 N–H and O–H groups in total. The van der Waals surface area contributed by atoms with Gasteiger partial charge in [-0.25, -0.2) is 8.42 Å². The Hall–Kier alpha value is -2.09. The first-order chi connectivity index (χ1) is 12.0. The van der Waals surface area contributed by atoms with Crippen LogP contribution in [0, 0.1) is 0 Å². The van der Waals surface area contributed by atoms with Crippen molar-refractivity contribution in [2.45, 2.75) is 10.1 Å². The van der Waals surface area contributed by atoms with Crippen LogP contribution in [0.4, 0.5) is 0 Å². The van der Waals surface area contributed by atoms with Crippen LogP contribution in [0.25, 0.3) is 0 Å². The van der Waals surface area contributed by atoms with Gasteiger partial charge in [-0.3, -0.25) is 4.79 Å². The maximum Gasteiger partial charge on any atom is 0.261 e. The fraction of sp³-hybridized carbons (Fsp3) is 0.118. The number of thiophene rings is 1. The standard InChI is InChI=1S/C17H14ClNO4S2/c18-12-5-7-13(8-6-12)25(21,22)16(14-3-1-9-23-14)11-19-17(20)15-4-2-10-24-15/h1-10,16H,11H2,(H,19,20)/t16-/m1/s1. The summed E-state index contributed by atoms with van der Waals surface area (Å²) in [7, 11) is -3.77. The van der Waals surface area contributed by atoms with E-state index in [1.165, 1.54) is 41.9 Å². The van der Waals surface area contributed by atoms with E-state index in [1.807, 2.05) is 0 Å². The molecule has 25 heavy (non-hydrogen) atoms. The fourth-order valence-electron chi connectivity index (χ4n) is 2.31. The van der Waals surface area contributed by atoms with Gasteiger partial charge in [-0.15, -0.1) is 11.3 Å².